The van der Waals surface area contributed by atoms with Crippen LogP contribution in [0.4, 0.5) is 5.69 Å². The molecule has 0 radical (unpaired) electrons. The summed E-state index contributed by atoms with van der Waals surface area (Å²) in [7, 11) is 4.14. The van der Waals surface area contributed by atoms with Gasteiger partial charge in [-0.2, -0.15) is 0 Å². The molecular weight excluding hydrogens is 280 g/mol. The van der Waals surface area contributed by atoms with Crippen molar-refractivity contribution in [3.63, 3.8) is 0 Å². The van der Waals surface area contributed by atoms with Crippen LogP contribution < -0.4 is 10.2 Å². The largest absolute Gasteiger partial charge is 0.375 e. The molecule has 1 N–H and O–H groups in total. The van der Waals surface area contributed by atoms with Gasteiger partial charge in [-0.05, 0) is 50.2 Å². The lowest BCUT2D eigenvalue weighted by atomic mass is 10.0. The minimum absolute atomic E-state index is 0.343. The first kappa shape index (κ1) is 15.9. The number of hydrogen-bond donors (Lipinski definition) is 1. The van der Waals surface area contributed by atoms with E-state index in [1.807, 2.05) is 19.2 Å². The molecule has 3 heteroatoms. The minimum atomic E-state index is 0.343. The van der Waals surface area contributed by atoms with Crippen molar-refractivity contribution in [2.24, 2.45) is 0 Å². The summed E-state index contributed by atoms with van der Waals surface area (Å²) in [5.74, 6) is 0. The first-order chi connectivity index (χ1) is 10.1. The molecule has 2 aromatic rings. The fraction of sp³-hybridized carbons (Fsp3) is 0.333. The van der Waals surface area contributed by atoms with Crippen LogP contribution in [0.3, 0.4) is 0 Å². The molecular formula is C18H23ClN2. The highest BCUT2D eigenvalue weighted by molar-refractivity contribution is 6.30. The van der Waals surface area contributed by atoms with E-state index in [1.165, 1.54) is 16.8 Å². The zero-order valence-electron chi connectivity index (χ0n) is 12.9. The van der Waals surface area contributed by atoms with Gasteiger partial charge in [0.2, 0.25) is 0 Å². The molecule has 0 amide bonds. The molecule has 2 rings (SSSR count). The van der Waals surface area contributed by atoms with Gasteiger partial charge in [0, 0.05) is 30.3 Å². The number of nitrogens with zero attached hydrogens (tertiary/aromatic N) is 1. The standard InChI is InChI=1S/C18H23ClN2/c1-14-4-10-17(11-5-14)21(3)13-12-18(20-2)15-6-8-16(19)9-7-15/h4-11,18,20H,12-13H2,1-3H3. The Labute approximate surface area is 132 Å². The second kappa shape index (κ2) is 7.48. The molecule has 0 saturated heterocycles. The van der Waals surface area contributed by atoms with E-state index in [9.17, 15) is 0 Å². The van der Waals surface area contributed by atoms with E-state index in [2.05, 4.69) is 60.6 Å². The highest BCUT2D eigenvalue weighted by atomic mass is 35.5. The average molecular weight is 303 g/mol. The lowest BCUT2D eigenvalue weighted by Gasteiger charge is -2.23. The molecule has 2 nitrogen and oxygen atoms in total. The quantitative estimate of drug-likeness (QED) is 0.849. The average Bonchev–Trinajstić information content (AvgIpc) is 2.50. The van der Waals surface area contributed by atoms with Crippen molar-refractivity contribution in [2.45, 2.75) is 19.4 Å². The number of hydrogen-bond acceptors (Lipinski definition) is 2. The van der Waals surface area contributed by atoms with Gasteiger partial charge in [0.1, 0.15) is 0 Å². The molecule has 0 aliphatic rings. The lowest BCUT2D eigenvalue weighted by Crippen LogP contribution is -2.25. The van der Waals surface area contributed by atoms with Gasteiger partial charge in [-0.25, -0.2) is 0 Å². The minimum Gasteiger partial charge on any atom is -0.375 e. The van der Waals surface area contributed by atoms with Crippen LogP contribution in [0.15, 0.2) is 48.5 Å². The topological polar surface area (TPSA) is 15.3 Å². The van der Waals surface area contributed by atoms with E-state index in [0.717, 1.165) is 18.0 Å². The third-order valence-electron chi connectivity index (χ3n) is 3.85. The Balaban J connectivity index is 1.96. The van der Waals surface area contributed by atoms with E-state index < -0.39 is 0 Å². The van der Waals surface area contributed by atoms with Gasteiger partial charge in [0.25, 0.3) is 0 Å². The van der Waals surface area contributed by atoms with E-state index >= 15 is 0 Å². The summed E-state index contributed by atoms with van der Waals surface area (Å²) in [6.45, 7) is 3.11. The highest BCUT2D eigenvalue weighted by Gasteiger charge is 2.10. The Morgan fingerprint density at radius 1 is 1.05 bits per heavy atom. The van der Waals surface area contributed by atoms with E-state index in [1.54, 1.807) is 0 Å². The van der Waals surface area contributed by atoms with Crippen LogP contribution in [0.25, 0.3) is 0 Å². The van der Waals surface area contributed by atoms with Crippen LogP contribution >= 0.6 is 11.6 Å². The maximum atomic E-state index is 5.95. The second-order valence-electron chi connectivity index (χ2n) is 5.44. The maximum absolute atomic E-state index is 5.95. The SMILES string of the molecule is CNC(CCN(C)c1ccc(C)cc1)c1ccc(Cl)cc1. The number of halogens is 1. The molecule has 2 aromatic carbocycles. The van der Waals surface area contributed by atoms with Crippen molar-refractivity contribution in [3.05, 3.63) is 64.7 Å². The first-order valence-electron chi connectivity index (χ1n) is 7.30. The Morgan fingerprint density at radius 2 is 1.67 bits per heavy atom. The first-order valence-corrected chi connectivity index (χ1v) is 7.68. The van der Waals surface area contributed by atoms with Crippen LogP contribution in [0.1, 0.15) is 23.6 Å². The third kappa shape index (κ3) is 4.48. The summed E-state index contributed by atoms with van der Waals surface area (Å²) < 4.78 is 0. The predicted octanol–water partition coefficient (Wildman–Crippen LogP) is 4.44. The molecule has 21 heavy (non-hydrogen) atoms. The van der Waals surface area contributed by atoms with Crippen LogP contribution in [-0.4, -0.2) is 20.6 Å². The van der Waals surface area contributed by atoms with Gasteiger partial charge in [-0.15, -0.1) is 0 Å². The summed E-state index contributed by atoms with van der Waals surface area (Å²) in [6, 6.07) is 17.1. The van der Waals surface area contributed by atoms with Crippen molar-refractivity contribution in [2.75, 3.05) is 25.5 Å². The van der Waals surface area contributed by atoms with Gasteiger partial charge >= 0.3 is 0 Å². The molecule has 0 heterocycles. The monoisotopic (exact) mass is 302 g/mol. The van der Waals surface area contributed by atoms with Crippen molar-refractivity contribution < 1.29 is 0 Å². The van der Waals surface area contributed by atoms with Gasteiger partial charge in [0.05, 0.1) is 0 Å². The smallest absolute Gasteiger partial charge is 0.0406 e. The zero-order valence-corrected chi connectivity index (χ0v) is 13.7. The Kier molecular flexibility index (Phi) is 5.66. The molecule has 0 saturated carbocycles. The van der Waals surface area contributed by atoms with Crippen molar-refractivity contribution in [1.82, 2.24) is 5.32 Å². The molecule has 0 fully saturated rings. The molecule has 0 aliphatic carbocycles. The van der Waals surface area contributed by atoms with Crippen LogP contribution in [0.5, 0.6) is 0 Å². The second-order valence-corrected chi connectivity index (χ2v) is 5.88. The van der Waals surface area contributed by atoms with Gasteiger partial charge in [0.15, 0.2) is 0 Å². The molecule has 0 spiro atoms. The number of anilines is 1. The fourth-order valence-electron chi connectivity index (χ4n) is 2.42. The summed E-state index contributed by atoms with van der Waals surface area (Å²) in [5, 5.41) is 4.17. The van der Waals surface area contributed by atoms with Crippen LogP contribution in [0.2, 0.25) is 5.02 Å². The van der Waals surface area contributed by atoms with Crippen molar-refractivity contribution in [1.29, 1.82) is 0 Å². The van der Waals surface area contributed by atoms with Crippen molar-refractivity contribution in [3.8, 4) is 0 Å². The normalized spacial score (nSPS) is 12.2. The van der Waals surface area contributed by atoms with Gasteiger partial charge in [-0.3, -0.25) is 0 Å². The third-order valence-corrected chi connectivity index (χ3v) is 4.10. The van der Waals surface area contributed by atoms with Crippen LogP contribution in [-0.2, 0) is 0 Å². The van der Waals surface area contributed by atoms with E-state index in [4.69, 9.17) is 11.6 Å². The summed E-state index contributed by atoms with van der Waals surface area (Å²) in [5.41, 5.74) is 3.83. The Hall–Kier alpha value is -1.51. The number of nitrogens with one attached hydrogen (secondary N) is 1. The van der Waals surface area contributed by atoms with E-state index in [0.29, 0.717) is 6.04 Å². The molecule has 112 valence electrons. The summed E-state index contributed by atoms with van der Waals surface area (Å²) in [4.78, 5) is 2.29. The molecule has 0 aliphatic heterocycles. The fourth-order valence-corrected chi connectivity index (χ4v) is 2.55. The van der Waals surface area contributed by atoms with Crippen molar-refractivity contribution >= 4 is 17.3 Å². The number of aryl methyl sites for hydroxylation is 1. The molecule has 1 atom stereocenters. The summed E-state index contributed by atoms with van der Waals surface area (Å²) >= 11 is 5.95. The number of benzene rings is 2. The van der Waals surface area contributed by atoms with Gasteiger partial charge in [-0.1, -0.05) is 41.4 Å². The predicted molar refractivity (Wildman–Crippen MR) is 92.3 cm³/mol. The Morgan fingerprint density at radius 3 is 2.24 bits per heavy atom. The highest BCUT2D eigenvalue weighted by Crippen LogP contribution is 2.21. The van der Waals surface area contributed by atoms with Gasteiger partial charge < -0.3 is 10.2 Å². The molecule has 1 unspecified atom stereocenters. The maximum Gasteiger partial charge on any atom is 0.0406 e. The lowest BCUT2D eigenvalue weighted by molar-refractivity contribution is 0.549. The summed E-state index contributed by atoms with van der Waals surface area (Å²) in [6.07, 6.45) is 1.04. The molecule has 0 aromatic heterocycles. The molecule has 0 bridgehead atoms. The Bertz CT molecular complexity index is 548. The zero-order chi connectivity index (χ0) is 15.2. The number of rotatable bonds is 6. The van der Waals surface area contributed by atoms with Crippen LogP contribution in [0, 0.1) is 6.92 Å². The van der Waals surface area contributed by atoms with E-state index in [-0.39, 0.29) is 0 Å².